The zero-order chi connectivity index (χ0) is 17.9. The molecule has 4 rings (SSSR count). The number of nitrogens with zero attached hydrogens (tertiary/aromatic N) is 3. The number of benzene rings is 2. The van der Waals surface area contributed by atoms with Gasteiger partial charge in [0, 0.05) is 16.5 Å². The summed E-state index contributed by atoms with van der Waals surface area (Å²) in [5, 5.41) is 1.37. The van der Waals surface area contributed by atoms with E-state index in [9.17, 15) is 0 Å². The molecule has 1 aliphatic rings. The third-order valence-electron chi connectivity index (χ3n) is 5.15. The van der Waals surface area contributed by atoms with E-state index in [1.807, 2.05) is 24.3 Å². The Morgan fingerprint density at radius 2 is 1.81 bits per heavy atom. The van der Waals surface area contributed by atoms with Gasteiger partial charge in [0.1, 0.15) is 5.82 Å². The number of aryl methyl sites for hydroxylation is 1. The van der Waals surface area contributed by atoms with Crippen molar-refractivity contribution < 1.29 is 0 Å². The van der Waals surface area contributed by atoms with Gasteiger partial charge in [0.15, 0.2) is 0 Å². The molecule has 1 fully saturated rings. The first-order valence-electron chi connectivity index (χ1n) is 9.31. The third-order valence-corrected chi connectivity index (χ3v) is 5.74. The fourth-order valence-corrected chi connectivity index (χ4v) is 4.25. The van der Waals surface area contributed by atoms with Crippen molar-refractivity contribution in [3.8, 4) is 0 Å². The van der Waals surface area contributed by atoms with Crippen molar-refractivity contribution in [3.05, 3.63) is 63.9 Å². The largest absolute Gasteiger partial charge is 0.323 e. The van der Waals surface area contributed by atoms with E-state index in [0.29, 0.717) is 10.0 Å². The highest BCUT2D eigenvalue weighted by Crippen LogP contribution is 2.25. The fraction of sp³-hybridized carbons (Fsp3) is 0.381. The molecule has 0 unspecified atom stereocenters. The number of imidazole rings is 1. The first kappa shape index (κ1) is 17.8. The zero-order valence-electron chi connectivity index (χ0n) is 14.8. The number of hydrogen-bond donors (Lipinski definition) is 0. The van der Waals surface area contributed by atoms with Crippen LogP contribution in [-0.4, -0.2) is 34.1 Å². The van der Waals surface area contributed by atoms with Gasteiger partial charge in [-0.15, -0.1) is 0 Å². The molecule has 2 aromatic carbocycles. The molecule has 3 aromatic rings. The van der Waals surface area contributed by atoms with Crippen LogP contribution in [0.1, 0.15) is 30.7 Å². The fourth-order valence-electron chi connectivity index (χ4n) is 3.78. The van der Waals surface area contributed by atoms with Crippen molar-refractivity contribution in [2.75, 3.05) is 19.6 Å². The molecule has 0 spiro atoms. The van der Waals surface area contributed by atoms with Crippen LogP contribution >= 0.6 is 23.2 Å². The SMILES string of the molecule is Clc1ccc(Cn2c(CCCN3CCCC3)nc3ccccc32)c(Cl)c1. The molecule has 1 saturated heterocycles. The quantitative estimate of drug-likeness (QED) is 0.562. The number of rotatable bonds is 6. The van der Waals surface area contributed by atoms with E-state index in [4.69, 9.17) is 28.2 Å². The maximum Gasteiger partial charge on any atom is 0.110 e. The molecule has 0 saturated carbocycles. The molecule has 0 atom stereocenters. The van der Waals surface area contributed by atoms with Gasteiger partial charge >= 0.3 is 0 Å². The summed E-state index contributed by atoms with van der Waals surface area (Å²) in [7, 11) is 0. The Morgan fingerprint density at radius 1 is 1.00 bits per heavy atom. The molecule has 1 aliphatic heterocycles. The van der Waals surface area contributed by atoms with Gasteiger partial charge in [0.25, 0.3) is 0 Å². The molecule has 5 heteroatoms. The lowest BCUT2D eigenvalue weighted by Crippen LogP contribution is -2.21. The number of fused-ring (bicyclic) bond motifs is 1. The van der Waals surface area contributed by atoms with Crippen molar-refractivity contribution in [1.29, 1.82) is 0 Å². The molecule has 0 radical (unpaired) electrons. The standard InChI is InChI=1S/C21H23Cl2N3/c22-17-10-9-16(18(23)14-17)15-26-20-7-2-1-6-19(20)24-21(26)8-5-13-25-11-3-4-12-25/h1-2,6-7,9-10,14H,3-5,8,11-13,15H2. The van der Waals surface area contributed by atoms with E-state index in [2.05, 4.69) is 27.7 Å². The summed E-state index contributed by atoms with van der Waals surface area (Å²) in [6.07, 6.45) is 4.80. The summed E-state index contributed by atoms with van der Waals surface area (Å²) < 4.78 is 2.30. The van der Waals surface area contributed by atoms with Crippen molar-refractivity contribution in [2.24, 2.45) is 0 Å². The van der Waals surface area contributed by atoms with E-state index in [1.165, 1.54) is 25.9 Å². The predicted octanol–water partition coefficient (Wildman–Crippen LogP) is 5.42. The monoisotopic (exact) mass is 387 g/mol. The topological polar surface area (TPSA) is 21.1 Å². The first-order valence-corrected chi connectivity index (χ1v) is 10.1. The molecule has 136 valence electrons. The van der Waals surface area contributed by atoms with Crippen LogP contribution in [0.25, 0.3) is 11.0 Å². The van der Waals surface area contributed by atoms with Crippen LogP contribution in [0, 0.1) is 0 Å². The maximum atomic E-state index is 6.42. The van der Waals surface area contributed by atoms with Gasteiger partial charge in [-0.05, 0) is 68.7 Å². The normalized spacial score (nSPS) is 15.2. The minimum absolute atomic E-state index is 0.667. The minimum atomic E-state index is 0.667. The molecular formula is C21H23Cl2N3. The smallest absolute Gasteiger partial charge is 0.110 e. The van der Waals surface area contributed by atoms with E-state index >= 15 is 0 Å². The summed E-state index contributed by atoms with van der Waals surface area (Å²) in [4.78, 5) is 7.45. The Hall–Kier alpha value is -1.55. The van der Waals surface area contributed by atoms with Gasteiger partial charge in [-0.3, -0.25) is 0 Å². The van der Waals surface area contributed by atoms with E-state index in [0.717, 1.165) is 48.4 Å². The Labute approximate surface area is 164 Å². The van der Waals surface area contributed by atoms with Crippen molar-refractivity contribution in [1.82, 2.24) is 14.5 Å². The Balaban J connectivity index is 1.58. The number of hydrogen-bond acceptors (Lipinski definition) is 2. The van der Waals surface area contributed by atoms with Crippen LogP contribution in [0.3, 0.4) is 0 Å². The molecule has 1 aromatic heterocycles. The van der Waals surface area contributed by atoms with E-state index in [1.54, 1.807) is 0 Å². The summed E-state index contributed by atoms with van der Waals surface area (Å²) >= 11 is 12.5. The number of halogens is 2. The van der Waals surface area contributed by atoms with Gasteiger partial charge in [-0.1, -0.05) is 41.4 Å². The second-order valence-corrected chi connectivity index (χ2v) is 7.83. The molecular weight excluding hydrogens is 365 g/mol. The van der Waals surface area contributed by atoms with Crippen molar-refractivity contribution in [3.63, 3.8) is 0 Å². The molecule has 2 heterocycles. The first-order chi connectivity index (χ1) is 12.7. The van der Waals surface area contributed by atoms with Crippen LogP contribution in [0.15, 0.2) is 42.5 Å². The van der Waals surface area contributed by atoms with Crippen molar-refractivity contribution >= 4 is 34.2 Å². The van der Waals surface area contributed by atoms with Crippen LogP contribution in [0.4, 0.5) is 0 Å². The predicted molar refractivity (Wildman–Crippen MR) is 109 cm³/mol. The molecule has 0 bridgehead atoms. The highest BCUT2D eigenvalue weighted by atomic mass is 35.5. The summed E-state index contributed by atoms with van der Waals surface area (Å²) in [5.74, 6) is 1.14. The van der Waals surface area contributed by atoms with Gasteiger partial charge in [0.2, 0.25) is 0 Å². The average molecular weight is 388 g/mol. The lowest BCUT2D eigenvalue weighted by atomic mass is 10.2. The van der Waals surface area contributed by atoms with Crippen LogP contribution in [-0.2, 0) is 13.0 Å². The van der Waals surface area contributed by atoms with Crippen molar-refractivity contribution in [2.45, 2.75) is 32.2 Å². The van der Waals surface area contributed by atoms with E-state index < -0.39 is 0 Å². The highest BCUT2D eigenvalue weighted by Gasteiger charge is 2.14. The third kappa shape index (κ3) is 3.90. The van der Waals surface area contributed by atoms with Crippen LogP contribution in [0.5, 0.6) is 0 Å². The summed E-state index contributed by atoms with van der Waals surface area (Å²) in [6.45, 7) is 4.37. The highest BCUT2D eigenvalue weighted by molar-refractivity contribution is 6.35. The molecule has 3 nitrogen and oxygen atoms in total. The minimum Gasteiger partial charge on any atom is -0.323 e. The van der Waals surface area contributed by atoms with Gasteiger partial charge in [-0.2, -0.15) is 0 Å². The Morgan fingerprint density at radius 3 is 2.62 bits per heavy atom. The van der Waals surface area contributed by atoms with E-state index in [-0.39, 0.29) is 0 Å². The molecule has 0 aliphatic carbocycles. The number of para-hydroxylation sites is 2. The second kappa shape index (κ2) is 7.99. The van der Waals surface area contributed by atoms with Gasteiger partial charge in [-0.25, -0.2) is 4.98 Å². The van der Waals surface area contributed by atoms with Gasteiger partial charge in [0.05, 0.1) is 17.6 Å². The number of aromatic nitrogens is 2. The Kier molecular flexibility index (Phi) is 5.49. The molecule has 26 heavy (non-hydrogen) atoms. The molecule has 0 N–H and O–H groups in total. The second-order valence-electron chi connectivity index (χ2n) is 6.99. The average Bonchev–Trinajstić information content (AvgIpc) is 3.26. The molecule has 0 amide bonds. The number of likely N-dealkylation sites (tertiary alicyclic amines) is 1. The lowest BCUT2D eigenvalue weighted by Gasteiger charge is -2.15. The Bertz CT molecular complexity index is 897. The maximum absolute atomic E-state index is 6.42. The zero-order valence-corrected chi connectivity index (χ0v) is 16.3. The summed E-state index contributed by atoms with van der Waals surface area (Å²) in [6, 6.07) is 14.0. The van der Waals surface area contributed by atoms with Gasteiger partial charge < -0.3 is 9.47 Å². The summed E-state index contributed by atoms with van der Waals surface area (Å²) in [5.41, 5.74) is 3.28. The van der Waals surface area contributed by atoms with Crippen LogP contribution < -0.4 is 0 Å². The lowest BCUT2D eigenvalue weighted by molar-refractivity contribution is 0.332. The van der Waals surface area contributed by atoms with Crippen LogP contribution in [0.2, 0.25) is 10.0 Å².